The number of aromatic hydroxyl groups is 1. The molecule has 2 aliphatic heterocycles. The largest absolute Gasteiger partial charge is 0.506 e. The number of pyridine rings is 1. The van der Waals surface area contributed by atoms with Crippen molar-refractivity contribution in [2.24, 2.45) is 0 Å². The lowest BCUT2D eigenvalue weighted by molar-refractivity contribution is -0.134. The van der Waals surface area contributed by atoms with Gasteiger partial charge in [0.25, 0.3) is 0 Å². The second-order valence-corrected chi connectivity index (χ2v) is 11.7. The van der Waals surface area contributed by atoms with Crippen LogP contribution < -0.4 is 16.0 Å². The third-order valence-electron chi connectivity index (χ3n) is 7.44. The van der Waals surface area contributed by atoms with Crippen LogP contribution in [-0.4, -0.2) is 83.2 Å². The van der Waals surface area contributed by atoms with Gasteiger partial charge in [0.05, 0.1) is 8.95 Å². The molecule has 1 aromatic carbocycles. The summed E-state index contributed by atoms with van der Waals surface area (Å²) in [6.07, 6.45) is 6.84. The molecule has 0 aliphatic carbocycles. The lowest BCUT2D eigenvalue weighted by atomic mass is 9.89. The van der Waals surface area contributed by atoms with Gasteiger partial charge >= 0.3 is 12.1 Å². The van der Waals surface area contributed by atoms with Crippen LogP contribution in [-0.2, 0) is 11.2 Å². The zero-order chi connectivity index (χ0) is 27.9. The van der Waals surface area contributed by atoms with E-state index in [1.54, 1.807) is 36.5 Å². The number of hydrogen-bond acceptors (Lipinski definition) is 5. The quantitative estimate of drug-likeness (QED) is 0.374. The Morgan fingerprint density at radius 2 is 1.59 bits per heavy atom. The first-order valence-corrected chi connectivity index (χ1v) is 14.7. The van der Waals surface area contributed by atoms with E-state index in [1.807, 2.05) is 17.0 Å². The van der Waals surface area contributed by atoms with Gasteiger partial charge in [0.2, 0.25) is 5.91 Å². The van der Waals surface area contributed by atoms with E-state index in [9.17, 15) is 19.5 Å². The molecule has 2 aliphatic rings. The number of carbonyl (C=O) groups is 3. The normalized spacial score (nSPS) is 17.4. The van der Waals surface area contributed by atoms with E-state index < -0.39 is 6.04 Å². The number of aromatic nitrogens is 1. The predicted octanol–water partition coefficient (Wildman–Crippen LogP) is 3.73. The monoisotopic (exact) mass is 664 g/mol. The van der Waals surface area contributed by atoms with E-state index in [4.69, 9.17) is 0 Å². The van der Waals surface area contributed by atoms with Gasteiger partial charge in [-0.25, -0.2) is 9.59 Å². The lowest BCUT2D eigenvalue weighted by Crippen LogP contribution is -2.56. The van der Waals surface area contributed by atoms with E-state index in [1.165, 1.54) is 5.56 Å². The number of piperidine rings is 2. The Labute approximate surface area is 245 Å². The molecule has 1 atom stereocenters. The Morgan fingerprint density at radius 3 is 2.18 bits per heavy atom. The fourth-order valence-corrected chi connectivity index (χ4v) is 6.47. The maximum absolute atomic E-state index is 13.8. The summed E-state index contributed by atoms with van der Waals surface area (Å²) in [5, 5.41) is 18.6. The number of urea groups is 2. The van der Waals surface area contributed by atoms with Crippen molar-refractivity contribution in [2.45, 2.75) is 50.1 Å². The Bertz CT molecular complexity index is 1150. The number of likely N-dealkylation sites (tertiary alicyclic amines) is 2. The van der Waals surface area contributed by atoms with Gasteiger partial charge in [-0.1, -0.05) is 0 Å². The average molecular weight is 666 g/mol. The zero-order valence-electron chi connectivity index (χ0n) is 21.8. The highest BCUT2D eigenvalue weighted by Crippen LogP contribution is 2.34. The summed E-state index contributed by atoms with van der Waals surface area (Å²) < 4.78 is 1.02. The molecule has 1 aromatic heterocycles. The van der Waals surface area contributed by atoms with Crippen LogP contribution in [0.1, 0.15) is 42.7 Å². The highest BCUT2D eigenvalue weighted by molar-refractivity contribution is 9.11. The molecule has 4 rings (SSSR count). The van der Waals surface area contributed by atoms with Crippen LogP contribution >= 0.6 is 31.9 Å². The van der Waals surface area contributed by atoms with Gasteiger partial charge in [0, 0.05) is 58.1 Å². The van der Waals surface area contributed by atoms with Gasteiger partial charge in [-0.2, -0.15) is 0 Å². The average Bonchev–Trinajstić information content (AvgIpc) is 2.96. The number of phenols is 1. The molecule has 0 saturated carbocycles. The molecule has 3 heterocycles. The number of hydrogen-bond donors (Lipinski definition) is 4. The summed E-state index contributed by atoms with van der Waals surface area (Å²) >= 11 is 6.72. The van der Waals surface area contributed by atoms with Crippen LogP contribution in [0.5, 0.6) is 5.75 Å². The van der Waals surface area contributed by atoms with Crippen molar-refractivity contribution in [2.75, 3.05) is 33.2 Å². The SMILES string of the molecule is CNC(=O)NC1CCN(C(=O)N[C@H](Cc2cc(Br)c(O)c(Br)c2)C(=O)N2CCC(c3ccncc3)CC2)CC1. The van der Waals surface area contributed by atoms with Gasteiger partial charge in [0.15, 0.2) is 0 Å². The highest BCUT2D eigenvalue weighted by Gasteiger charge is 2.32. The second-order valence-electron chi connectivity index (χ2n) is 9.98. The summed E-state index contributed by atoms with van der Waals surface area (Å²) in [6, 6.07) is 6.28. The van der Waals surface area contributed by atoms with Crippen LogP contribution in [0.15, 0.2) is 45.6 Å². The molecule has 12 heteroatoms. The molecule has 0 radical (unpaired) electrons. The van der Waals surface area contributed by atoms with Gasteiger partial charge in [0.1, 0.15) is 11.8 Å². The Morgan fingerprint density at radius 1 is 1.00 bits per heavy atom. The topological polar surface area (TPSA) is 127 Å². The predicted molar refractivity (Wildman–Crippen MR) is 155 cm³/mol. The fraction of sp³-hybridized carbons (Fsp3) is 0.481. The maximum Gasteiger partial charge on any atom is 0.318 e. The van der Waals surface area contributed by atoms with Crippen molar-refractivity contribution in [3.63, 3.8) is 0 Å². The standard InChI is InChI=1S/C27H34Br2N6O4/c1-30-26(38)32-20-6-12-35(13-7-20)27(39)33-23(16-17-14-21(28)24(36)22(29)15-17)25(37)34-10-4-19(5-11-34)18-2-8-31-9-3-18/h2-3,8-9,14-15,19-20,23,36H,4-7,10-13,16H2,1H3,(H,33,39)(H2,30,32,38)/t23-/m1/s1. The smallest absolute Gasteiger partial charge is 0.318 e. The van der Waals surface area contributed by atoms with Crippen LogP contribution in [0.3, 0.4) is 0 Å². The zero-order valence-corrected chi connectivity index (χ0v) is 25.0. The first-order valence-electron chi connectivity index (χ1n) is 13.1. The van der Waals surface area contributed by atoms with Crippen molar-refractivity contribution in [1.82, 2.24) is 30.7 Å². The highest BCUT2D eigenvalue weighted by atomic mass is 79.9. The minimum absolute atomic E-state index is 0.000169. The van der Waals surface area contributed by atoms with Crippen molar-refractivity contribution in [3.8, 4) is 5.75 Å². The van der Waals surface area contributed by atoms with Crippen molar-refractivity contribution < 1.29 is 19.5 Å². The number of phenolic OH excluding ortho intramolecular Hbond substituents is 1. The van der Waals surface area contributed by atoms with Gasteiger partial charge < -0.3 is 30.9 Å². The van der Waals surface area contributed by atoms with Crippen molar-refractivity contribution >= 4 is 49.8 Å². The minimum Gasteiger partial charge on any atom is -0.506 e. The number of nitrogens with zero attached hydrogens (tertiary/aromatic N) is 3. The molecule has 10 nitrogen and oxygen atoms in total. The Balaban J connectivity index is 1.43. The number of benzene rings is 1. The first-order chi connectivity index (χ1) is 18.7. The number of halogens is 2. The van der Waals surface area contributed by atoms with Crippen molar-refractivity contribution in [1.29, 1.82) is 0 Å². The first kappa shape index (κ1) is 29.1. The number of nitrogens with one attached hydrogen (secondary N) is 3. The van der Waals surface area contributed by atoms with Gasteiger partial charge in [-0.3, -0.25) is 9.78 Å². The molecular weight excluding hydrogens is 632 g/mol. The number of carbonyl (C=O) groups excluding carboxylic acids is 3. The van der Waals surface area contributed by atoms with Crippen LogP contribution in [0, 0.1) is 0 Å². The molecule has 0 spiro atoms. The third kappa shape index (κ3) is 7.63. The molecule has 2 fully saturated rings. The van der Waals surface area contributed by atoms with E-state index in [2.05, 4.69) is 52.8 Å². The molecule has 0 bridgehead atoms. The van der Waals surface area contributed by atoms with E-state index in [0.717, 1.165) is 18.4 Å². The summed E-state index contributed by atoms with van der Waals surface area (Å²) in [6.45, 7) is 2.18. The summed E-state index contributed by atoms with van der Waals surface area (Å²) in [5.74, 6) is 0.337. The molecule has 4 N–H and O–H groups in total. The molecule has 5 amide bonds. The maximum atomic E-state index is 13.8. The van der Waals surface area contributed by atoms with E-state index in [-0.39, 0.29) is 36.2 Å². The lowest BCUT2D eigenvalue weighted by Gasteiger charge is -2.36. The number of rotatable bonds is 6. The van der Waals surface area contributed by atoms with Crippen molar-refractivity contribution in [3.05, 3.63) is 56.7 Å². The van der Waals surface area contributed by atoms with Crippen LogP contribution in [0.2, 0.25) is 0 Å². The molecule has 210 valence electrons. The van der Waals surface area contributed by atoms with Crippen LogP contribution in [0.25, 0.3) is 0 Å². The second kappa shape index (κ2) is 13.5. The minimum atomic E-state index is -0.764. The molecular formula is C27H34Br2N6O4. The molecule has 2 aromatic rings. The summed E-state index contributed by atoms with van der Waals surface area (Å²) in [4.78, 5) is 46.3. The molecule has 0 unspecified atom stereocenters. The molecule has 39 heavy (non-hydrogen) atoms. The summed E-state index contributed by atoms with van der Waals surface area (Å²) in [7, 11) is 1.57. The van der Waals surface area contributed by atoms with E-state index >= 15 is 0 Å². The molecule has 2 saturated heterocycles. The fourth-order valence-electron chi connectivity index (χ4n) is 5.19. The van der Waals surface area contributed by atoms with Crippen LogP contribution in [0.4, 0.5) is 9.59 Å². The summed E-state index contributed by atoms with van der Waals surface area (Å²) in [5.41, 5.74) is 2.03. The third-order valence-corrected chi connectivity index (χ3v) is 8.65. The van der Waals surface area contributed by atoms with Gasteiger partial charge in [-0.15, -0.1) is 0 Å². The van der Waals surface area contributed by atoms with Gasteiger partial charge in [-0.05, 0) is 98.9 Å². The number of amides is 5. The Hall–Kier alpha value is -2.86. The van der Waals surface area contributed by atoms with E-state index in [0.29, 0.717) is 53.9 Å². The Kier molecular flexibility index (Phi) is 10.1.